The highest BCUT2D eigenvalue weighted by Gasteiger charge is 2.34. The van der Waals surface area contributed by atoms with Crippen molar-refractivity contribution < 1.29 is 28.6 Å². The van der Waals surface area contributed by atoms with E-state index in [1.165, 1.54) is 0 Å². The van der Waals surface area contributed by atoms with Crippen LogP contribution in [0.25, 0.3) is 0 Å². The van der Waals surface area contributed by atoms with Crippen molar-refractivity contribution in [2.45, 2.75) is 78.6 Å². The molecule has 188 valence electrons. The fourth-order valence-corrected chi connectivity index (χ4v) is 3.24. The number of amides is 2. The van der Waals surface area contributed by atoms with Gasteiger partial charge >= 0.3 is 0 Å². The van der Waals surface area contributed by atoms with Gasteiger partial charge in [-0.25, -0.2) is 0 Å². The van der Waals surface area contributed by atoms with E-state index in [4.69, 9.17) is 14.2 Å². The number of hydrogen-bond acceptors (Lipinski definition) is 6. The van der Waals surface area contributed by atoms with Crippen molar-refractivity contribution in [2.24, 2.45) is 5.41 Å². The smallest absolute Gasteiger partial charge is 0.222 e. The Morgan fingerprint density at radius 1 is 0.750 bits per heavy atom. The van der Waals surface area contributed by atoms with Crippen molar-refractivity contribution in [3.63, 3.8) is 0 Å². The van der Waals surface area contributed by atoms with Gasteiger partial charge in [0, 0.05) is 51.3 Å². The van der Waals surface area contributed by atoms with Gasteiger partial charge in [0.25, 0.3) is 0 Å². The lowest BCUT2D eigenvalue weighted by Crippen LogP contribution is -2.40. The third-order valence-electron chi connectivity index (χ3n) is 5.11. The first-order valence-electron chi connectivity index (χ1n) is 12.1. The van der Waals surface area contributed by atoms with Crippen molar-refractivity contribution in [2.75, 3.05) is 53.2 Å². The lowest BCUT2D eigenvalue weighted by molar-refractivity contribution is -0.131. The fraction of sp³-hybridized carbons (Fsp3) is 0.875. The molecule has 0 aliphatic heterocycles. The molecule has 8 nitrogen and oxygen atoms in total. The van der Waals surface area contributed by atoms with E-state index in [2.05, 4.69) is 17.6 Å². The monoisotopic (exact) mass is 458 g/mol. The standard InChI is InChI=1S/C24H46N2O6/c1-5-8-9-10-11-21(27)17-24(18-30-7-3,19-31-15-12-22(28)25-4)20-32-16-13-23(29)26-14-6-2/h5-20H2,1-4H3,(H,25,28)(H,26,29). The molecule has 0 radical (unpaired) electrons. The Labute approximate surface area is 194 Å². The Hall–Kier alpha value is -1.51. The van der Waals surface area contributed by atoms with E-state index in [1.54, 1.807) is 7.05 Å². The molecule has 0 heterocycles. The van der Waals surface area contributed by atoms with Gasteiger partial charge in [0.15, 0.2) is 0 Å². The summed E-state index contributed by atoms with van der Waals surface area (Å²) < 4.78 is 17.3. The molecule has 32 heavy (non-hydrogen) atoms. The van der Waals surface area contributed by atoms with Crippen molar-refractivity contribution in [3.05, 3.63) is 0 Å². The lowest BCUT2D eigenvalue weighted by Gasteiger charge is -2.32. The molecule has 2 amide bonds. The van der Waals surface area contributed by atoms with Gasteiger partial charge in [-0.15, -0.1) is 0 Å². The second kappa shape index (κ2) is 20.1. The first-order valence-corrected chi connectivity index (χ1v) is 12.1. The fourth-order valence-electron chi connectivity index (χ4n) is 3.24. The van der Waals surface area contributed by atoms with Crippen LogP contribution in [0.4, 0.5) is 0 Å². The normalized spacial score (nSPS) is 12.9. The summed E-state index contributed by atoms with van der Waals surface area (Å²) in [5.74, 6) is 0.0258. The number of hydrogen-bond donors (Lipinski definition) is 2. The van der Waals surface area contributed by atoms with Crippen LogP contribution in [0.5, 0.6) is 0 Å². The average Bonchev–Trinajstić information content (AvgIpc) is 2.79. The van der Waals surface area contributed by atoms with Crippen molar-refractivity contribution in [1.82, 2.24) is 10.6 Å². The number of ether oxygens (including phenoxy) is 3. The number of nitrogens with one attached hydrogen (secondary N) is 2. The zero-order valence-corrected chi connectivity index (χ0v) is 20.8. The molecule has 0 spiro atoms. The summed E-state index contributed by atoms with van der Waals surface area (Å²) in [6, 6.07) is 0. The van der Waals surface area contributed by atoms with Crippen molar-refractivity contribution in [1.29, 1.82) is 0 Å². The van der Waals surface area contributed by atoms with Gasteiger partial charge in [0.05, 0.1) is 33.0 Å². The van der Waals surface area contributed by atoms with Crippen LogP contribution in [0.1, 0.15) is 78.6 Å². The average molecular weight is 459 g/mol. The van der Waals surface area contributed by atoms with Crippen LogP contribution in [0.3, 0.4) is 0 Å². The first kappa shape index (κ1) is 30.5. The summed E-state index contributed by atoms with van der Waals surface area (Å²) in [6.45, 7) is 8.59. The molecule has 0 fully saturated rings. The number of carbonyl (C=O) groups excluding carboxylic acids is 3. The van der Waals surface area contributed by atoms with Gasteiger partial charge in [-0.1, -0.05) is 33.1 Å². The number of ketones is 1. The van der Waals surface area contributed by atoms with E-state index in [0.717, 1.165) is 32.1 Å². The molecule has 0 aromatic heterocycles. The Morgan fingerprint density at radius 3 is 1.94 bits per heavy atom. The third-order valence-corrected chi connectivity index (χ3v) is 5.11. The maximum atomic E-state index is 12.7. The molecular formula is C24H46N2O6. The zero-order chi connectivity index (χ0) is 24.1. The van der Waals surface area contributed by atoms with Crippen LogP contribution in [-0.2, 0) is 28.6 Å². The molecule has 0 aliphatic rings. The van der Waals surface area contributed by atoms with Crippen LogP contribution in [0.15, 0.2) is 0 Å². The topological polar surface area (TPSA) is 103 Å². The summed E-state index contributed by atoms with van der Waals surface area (Å²) in [7, 11) is 1.59. The number of carbonyl (C=O) groups is 3. The quantitative estimate of drug-likeness (QED) is 0.242. The van der Waals surface area contributed by atoms with Crippen molar-refractivity contribution in [3.8, 4) is 0 Å². The van der Waals surface area contributed by atoms with Crippen LogP contribution in [-0.4, -0.2) is 70.8 Å². The Balaban J connectivity index is 4.95. The minimum absolute atomic E-state index is 0.0453. The van der Waals surface area contributed by atoms with Crippen LogP contribution in [0, 0.1) is 5.41 Å². The summed E-state index contributed by atoms with van der Waals surface area (Å²) in [5.41, 5.74) is -0.638. The number of rotatable bonds is 22. The van der Waals surface area contributed by atoms with Gasteiger partial charge in [-0.3, -0.25) is 14.4 Å². The molecular weight excluding hydrogens is 412 g/mol. The minimum Gasteiger partial charge on any atom is -0.381 e. The second-order valence-corrected chi connectivity index (χ2v) is 8.29. The molecule has 0 saturated heterocycles. The van der Waals surface area contributed by atoms with Gasteiger partial charge < -0.3 is 24.8 Å². The molecule has 0 bridgehead atoms. The Morgan fingerprint density at radius 2 is 1.38 bits per heavy atom. The maximum absolute atomic E-state index is 12.7. The Bertz CT molecular complexity index is 515. The summed E-state index contributed by atoms with van der Waals surface area (Å²) in [6.07, 6.45) is 6.42. The second-order valence-electron chi connectivity index (χ2n) is 8.29. The summed E-state index contributed by atoms with van der Waals surface area (Å²) >= 11 is 0. The lowest BCUT2D eigenvalue weighted by atomic mass is 9.84. The molecule has 1 atom stereocenters. The van der Waals surface area contributed by atoms with Gasteiger partial charge in [0.2, 0.25) is 11.8 Å². The third kappa shape index (κ3) is 16.2. The predicted octanol–water partition coefficient (Wildman–Crippen LogP) is 3.02. The van der Waals surface area contributed by atoms with E-state index < -0.39 is 5.41 Å². The summed E-state index contributed by atoms with van der Waals surface area (Å²) in [5, 5.41) is 5.40. The molecule has 2 N–H and O–H groups in total. The minimum atomic E-state index is -0.638. The maximum Gasteiger partial charge on any atom is 0.222 e. The highest BCUT2D eigenvalue weighted by atomic mass is 16.5. The van der Waals surface area contributed by atoms with E-state index in [0.29, 0.717) is 32.6 Å². The molecule has 0 aromatic rings. The van der Waals surface area contributed by atoms with E-state index in [9.17, 15) is 14.4 Å². The van der Waals surface area contributed by atoms with Gasteiger partial charge in [0.1, 0.15) is 5.78 Å². The SMILES string of the molecule is CCCCCCC(=O)CC(COCC)(COCCC(=O)NC)COCCC(=O)NCCC. The van der Waals surface area contributed by atoms with E-state index in [1.807, 2.05) is 13.8 Å². The van der Waals surface area contributed by atoms with E-state index >= 15 is 0 Å². The highest BCUT2D eigenvalue weighted by molar-refractivity contribution is 5.79. The molecule has 0 aliphatic carbocycles. The summed E-state index contributed by atoms with van der Waals surface area (Å²) in [4.78, 5) is 36.0. The molecule has 8 heteroatoms. The number of Topliss-reactive ketones (excluding diaryl/α,β-unsaturated/α-hetero) is 1. The van der Waals surface area contributed by atoms with E-state index in [-0.39, 0.29) is 56.9 Å². The molecule has 0 saturated carbocycles. The van der Waals surface area contributed by atoms with Gasteiger partial charge in [-0.05, 0) is 19.8 Å². The molecule has 0 rings (SSSR count). The largest absolute Gasteiger partial charge is 0.381 e. The Kier molecular flexibility index (Phi) is 19.2. The van der Waals surface area contributed by atoms with Crippen LogP contribution in [0.2, 0.25) is 0 Å². The molecule has 1 unspecified atom stereocenters. The molecule has 0 aromatic carbocycles. The van der Waals surface area contributed by atoms with Gasteiger partial charge in [-0.2, -0.15) is 0 Å². The number of unbranched alkanes of at least 4 members (excludes halogenated alkanes) is 3. The van der Waals surface area contributed by atoms with Crippen LogP contribution >= 0.6 is 0 Å². The predicted molar refractivity (Wildman–Crippen MR) is 126 cm³/mol. The van der Waals surface area contributed by atoms with Crippen molar-refractivity contribution >= 4 is 17.6 Å². The first-order chi connectivity index (χ1) is 15.4. The van der Waals surface area contributed by atoms with Crippen LogP contribution < -0.4 is 10.6 Å². The zero-order valence-electron chi connectivity index (χ0n) is 20.8. The highest BCUT2D eigenvalue weighted by Crippen LogP contribution is 2.26.